The fourth-order valence-electron chi connectivity index (χ4n) is 3.43. The lowest BCUT2D eigenvalue weighted by Gasteiger charge is -2.26. The van der Waals surface area contributed by atoms with Gasteiger partial charge in [-0.15, -0.1) is 0 Å². The zero-order valence-electron chi connectivity index (χ0n) is 14.4. The van der Waals surface area contributed by atoms with E-state index in [2.05, 4.69) is 22.0 Å². The average Bonchev–Trinajstić information content (AvgIpc) is 2.90. The molecular formula is C19H28N4O. The summed E-state index contributed by atoms with van der Waals surface area (Å²) in [5, 5.41) is 0. The van der Waals surface area contributed by atoms with Gasteiger partial charge in [0.05, 0.1) is 6.54 Å². The summed E-state index contributed by atoms with van der Waals surface area (Å²) in [6.07, 6.45) is 7.75. The van der Waals surface area contributed by atoms with Crippen LogP contribution in [0.25, 0.3) is 0 Å². The van der Waals surface area contributed by atoms with E-state index >= 15 is 0 Å². The van der Waals surface area contributed by atoms with E-state index in [-0.39, 0.29) is 5.91 Å². The number of anilines is 1. The molecule has 0 bridgehead atoms. The first-order valence-electron chi connectivity index (χ1n) is 9.18. The molecule has 130 valence electrons. The number of aliphatic imine (C=N–C) groups is 1. The molecule has 0 saturated carbocycles. The van der Waals surface area contributed by atoms with Crippen LogP contribution >= 0.6 is 0 Å². The highest BCUT2D eigenvalue weighted by Crippen LogP contribution is 2.21. The Balaban J connectivity index is 1.59. The van der Waals surface area contributed by atoms with E-state index in [4.69, 9.17) is 5.73 Å². The number of amides is 1. The average molecular weight is 328 g/mol. The van der Waals surface area contributed by atoms with Crippen molar-refractivity contribution < 1.29 is 4.79 Å². The zero-order chi connectivity index (χ0) is 16.8. The van der Waals surface area contributed by atoms with Gasteiger partial charge in [0.1, 0.15) is 0 Å². The van der Waals surface area contributed by atoms with Gasteiger partial charge >= 0.3 is 0 Å². The number of hydrogen-bond acceptors (Lipinski definition) is 2. The topological polar surface area (TPSA) is 61.9 Å². The number of nitrogens with two attached hydrogens (primary N) is 1. The molecule has 2 N–H and O–H groups in total. The quantitative estimate of drug-likeness (QED) is 0.685. The molecule has 1 aromatic carbocycles. The van der Waals surface area contributed by atoms with Gasteiger partial charge in [0.25, 0.3) is 0 Å². The predicted octanol–water partition coefficient (Wildman–Crippen LogP) is 2.89. The molecule has 2 aliphatic rings. The molecule has 0 spiro atoms. The largest absolute Gasteiger partial charge is 0.370 e. The molecule has 0 radical (unpaired) electrons. The molecule has 5 heteroatoms. The number of hydrogen-bond donors (Lipinski definition) is 1. The van der Waals surface area contributed by atoms with E-state index in [0.717, 1.165) is 43.7 Å². The highest BCUT2D eigenvalue weighted by atomic mass is 16.2. The second-order valence-corrected chi connectivity index (χ2v) is 6.74. The maximum atomic E-state index is 12.0. The first-order valence-corrected chi connectivity index (χ1v) is 9.18. The molecule has 3 rings (SSSR count). The molecule has 0 unspecified atom stereocenters. The van der Waals surface area contributed by atoms with Crippen LogP contribution in [0.4, 0.5) is 5.69 Å². The van der Waals surface area contributed by atoms with E-state index in [1.807, 2.05) is 17.0 Å². The van der Waals surface area contributed by atoms with Crippen molar-refractivity contribution >= 4 is 17.6 Å². The van der Waals surface area contributed by atoms with Crippen LogP contribution in [-0.2, 0) is 11.3 Å². The molecule has 0 atom stereocenters. The Morgan fingerprint density at radius 2 is 1.62 bits per heavy atom. The lowest BCUT2D eigenvalue weighted by Crippen LogP contribution is -2.38. The van der Waals surface area contributed by atoms with Crippen LogP contribution in [0, 0.1) is 0 Å². The molecule has 2 saturated heterocycles. The molecule has 2 fully saturated rings. The smallest absolute Gasteiger partial charge is 0.226 e. The van der Waals surface area contributed by atoms with E-state index in [0.29, 0.717) is 18.9 Å². The highest BCUT2D eigenvalue weighted by Gasteiger charge is 2.19. The fourth-order valence-corrected chi connectivity index (χ4v) is 3.43. The first kappa shape index (κ1) is 16.8. The zero-order valence-corrected chi connectivity index (χ0v) is 14.4. The third-order valence-electron chi connectivity index (χ3n) is 4.93. The van der Waals surface area contributed by atoms with Gasteiger partial charge in [0.15, 0.2) is 5.96 Å². The Bertz CT molecular complexity index is 574. The van der Waals surface area contributed by atoms with Crippen molar-refractivity contribution in [2.45, 2.75) is 51.5 Å². The van der Waals surface area contributed by atoms with Gasteiger partial charge < -0.3 is 15.5 Å². The van der Waals surface area contributed by atoms with E-state index in [1.54, 1.807) is 0 Å². The molecule has 24 heavy (non-hydrogen) atoms. The molecule has 0 aliphatic carbocycles. The number of nitrogens with zero attached hydrogens (tertiary/aromatic N) is 3. The van der Waals surface area contributed by atoms with Crippen molar-refractivity contribution in [2.24, 2.45) is 10.7 Å². The molecule has 2 heterocycles. The van der Waals surface area contributed by atoms with Gasteiger partial charge in [0.2, 0.25) is 5.91 Å². The summed E-state index contributed by atoms with van der Waals surface area (Å²) in [5.74, 6) is 0.893. The predicted molar refractivity (Wildman–Crippen MR) is 98.0 cm³/mol. The van der Waals surface area contributed by atoms with Crippen molar-refractivity contribution in [3.63, 3.8) is 0 Å². The first-order chi connectivity index (χ1) is 11.7. The second-order valence-electron chi connectivity index (χ2n) is 6.74. The summed E-state index contributed by atoms with van der Waals surface area (Å²) >= 11 is 0. The lowest BCUT2D eigenvalue weighted by atomic mass is 10.1. The third kappa shape index (κ3) is 4.28. The second kappa shape index (κ2) is 8.18. The van der Waals surface area contributed by atoms with Crippen molar-refractivity contribution in [1.29, 1.82) is 0 Å². The van der Waals surface area contributed by atoms with E-state index in [9.17, 15) is 4.79 Å². The minimum Gasteiger partial charge on any atom is -0.370 e. The molecular weight excluding hydrogens is 300 g/mol. The van der Waals surface area contributed by atoms with Gasteiger partial charge in [-0.1, -0.05) is 25.0 Å². The van der Waals surface area contributed by atoms with Crippen molar-refractivity contribution in [3.05, 3.63) is 29.8 Å². The van der Waals surface area contributed by atoms with Crippen molar-refractivity contribution in [1.82, 2.24) is 4.90 Å². The van der Waals surface area contributed by atoms with Gasteiger partial charge in [0, 0.05) is 31.7 Å². The minimum atomic E-state index is 0.234. The molecule has 2 aliphatic heterocycles. The monoisotopic (exact) mass is 328 g/mol. The van der Waals surface area contributed by atoms with Crippen LogP contribution in [0.3, 0.4) is 0 Å². The van der Waals surface area contributed by atoms with E-state index in [1.165, 1.54) is 25.7 Å². The van der Waals surface area contributed by atoms with Crippen LogP contribution in [0.5, 0.6) is 0 Å². The van der Waals surface area contributed by atoms with Gasteiger partial charge in [-0.25, -0.2) is 4.99 Å². The molecule has 0 aromatic heterocycles. The van der Waals surface area contributed by atoms with Crippen LogP contribution < -0.4 is 10.6 Å². The maximum absolute atomic E-state index is 12.0. The Morgan fingerprint density at radius 1 is 0.958 bits per heavy atom. The number of rotatable bonds is 3. The number of benzene rings is 1. The lowest BCUT2D eigenvalue weighted by molar-refractivity contribution is -0.119. The molecule has 5 nitrogen and oxygen atoms in total. The maximum Gasteiger partial charge on any atom is 0.226 e. The molecule has 1 amide bonds. The minimum absolute atomic E-state index is 0.234. The van der Waals surface area contributed by atoms with Crippen LogP contribution in [-0.4, -0.2) is 36.4 Å². The Morgan fingerprint density at radius 3 is 2.29 bits per heavy atom. The summed E-state index contributed by atoms with van der Waals surface area (Å²) in [6.45, 7) is 3.46. The highest BCUT2D eigenvalue weighted by molar-refractivity contribution is 5.93. The number of carbonyl (C=O) groups is 1. The fraction of sp³-hybridized carbons (Fsp3) is 0.579. The van der Waals surface area contributed by atoms with Crippen molar-refractivity contribution in [2.75, 3.05) is 24.5 Å². The third-order valence-corrected chi connectivity index (χ3v) is 4.93. The molecule has 1 aromatic rings. The number of carbonyl (C=O) groups excluding carboxylic acids is 1. The number of likely N-dealkylation sites (tertiary alicyclic amines) is 1. The standard InChI is InChI=1S/C19H28N4O/c20-19(22-12-4-1-2-5-13-22)21-15-16-8-10-17(11-9-16)23-14-6-3-7-18(23)24/h8-11H,1-7,12-15H2,(H2,20,21). The van der Waals surface area contributed by atoms with Gasteiger partial charge in [-0.05, 0) is 43.4 Å². The van der Waals surface area contributed by atoms with Crippen molar-refractivity contribution in [3.8, 4) is 0 Å². The van der Waals surface area contributed by atoms with Gasteiger partial charge in [-0.3, -0.25) is 4.79 Å². The summed E-state index contributed by atoms with van der Waals surface area (Å²) in [6, 6.07) is 8.15. The summed E-state index contributed by atoms with van der Waals surface area (Å²) in [4.78, 5) is 20.6. The normalized spacial score (nSPS) is 20.2. The Hall–Kier alpha value is -2.04. The summed E-state index contributed by atoms with van der Waals surface area (Å²) in [7, 11) is 0. The van der Waals surface area contributed by atoms with Crippen LogP contribution in [0.2, 0.25) is 0 Å². The van der Waals surface area contributed by atoms with Crippen LogP contribution in [0.15, 0.2) is 29.3 Å². The summed E-state index contributed by atoms with van der Waals surface area (Å²) < 4.78 is 0. The van der Waals surface area contributed by atoms with Crippen LogP contribution in [0.1, 0.15) is 50.5 Å². The Kier molecular flexibility index (Phi) is 5.72. The Labute approximate surface area is 144 Å². The number of guanidine groups is 1. The van der Waals surface area contributed by atoms with Gasteiger partial charge in [-0.2, -0.15) is 0 Å². The SMILES string of the molecule is NC(=NCc1ccc(N2CCCCC2=O)cc1)N1CCCCCC1. The number of piperidine rings is 1. The van der Waals surface area contributed by atoms with E-state index < -0.39 is 0 Å². The summed E-state index contributed by atoms with van der Waals surface area (Å²) in [5.41, 5.74) is 8.27.